The molecule has 0 radical (unpaired) electrons. The normalized spacial score (nSPS) is 17.2. The van der Waals surface area contributed by atoms with E-state index in [2.05, 4.69) is 0 Å². The Morgan fingerprint density at radius 1 is 1.47 bits per heavy atom. The maximum Gasteiger partial charge on any atom is 0.145 e. The van der Waals surface area contributed by atoms with E-state index in [9.17, 15) is 4.39 Å². The molecule has 0 fully saturated rings. The van der Waals surface area contributed by atoms with E-state index >= 15 is 0 Å². The van der Waals surface area contributed by atoms with E-state index in [0.717, 1.165) is 18.6 Å². The van der Waals surface area contributed by atoms with Crippen molar-refractivity contribution in [2.75, 3.05) is 6.61 Å². The highest BCUT2D eigenvalue weighted by Gasteiger charge is 2.16. The minimum atomic E-state index is -0.388. The lowest BCUT2D eigenvalue weighted by molar-refractivity contribution is 0.175. The zero-order valence-corrected chi connectivity index (χ0v) is 10.2. The zero-order chi connectivity index (χ0) is 12.3. The van der Waals surface area contributed by atoms with Gasteiger partial charge in [-0.25, -0.2) is 4.39 Å². The van der Waals surface area contributed by atoms with Crippen LogP contribution < -0.4 is 5.73 Å². The third kappa shape index (κ3) is 2.99. The van der Waals surface area contributed by atoms with Crippen LogP contribution in [0.15, 0.2) is 30.0 Å². The third-order valence-electron chi connectivity index (χ3n) is 2.80. The Hall–Kier alpha value is -1.06. The van der Waals surface area contributed by atoms with Gasteiger partial charge in [-0.3, -0.25) is 0 Å². The number of nitrogens with two attached hydrogens (primary N) is 1. The Morgan fingerprint density at radius 2 is 2.29 bits per heavy atom. The average molecular weight is 256 g/mol. The molecule has 0 saturated carbocycles. The van der Waals surface area contributed by atoms with Gasteiger partial charge < -0.3 is 10.5 Å². The molecular formula is C13H15ClFNO. The molecule has 2 nitrogen and oxygen atoms in total. The van der Waals surface area contributed by atoms with Gasteiger partial charge in [0.15, 0.2) is 0 Å². The fourth-order valence-corrected chi connectivity index (χ4v) is 2.07. The van der Waals surface area contributed by atoms with Gasteiger partial charge in [-0.15, -0.1) is 0 Å². The van der Waals surface area contributed by atoms with Crippen molar-refractivity contribution >= 4 is 11.6 Å². The average Bonchev–Trinajstić information content (AvgIpc) is 2.36. The first-order chi connectivity index (χ1) is 8.18. The van der Waals surface area contributed by atoms with Crippen LogP contribution in [0.4, 0.5) is 4.39 Å². The van der Waals surface area contributed by atoms with E-state index in [1.807, 2.05) is 6.08 Å². The van der Waals surface area contributed by atoms with Crippen molar-refractivity contribution < 1.29 is 9.13 Å². The molecule has 2 N–H and O–H groups in total. The molecule has 0 aliphatic carbocycles. The molecule has 17 heavy (non-hydrogen) atoms. The van der Waals surface area contributed by atoms with Crippen LogP contribution in [-0.2, 0) is 11.2 Å². The van der Waals surface area contributed by atoms with Crippen molar-refractivity contribution in [2.24, 2.45) is 5.73 Å². The van der Waals surface area contributed by atoms with Gasteiger partial charge in [0.05, 0.1) is 17.7 Å². The lowest BCUT2D eigenvalue weighted by atomic mass is 10.0. The molecule has 1 aromatic rings. The first-order valence-corrected chi connectivity index (χ1v) is 6.07. The highest BCUT2D eigenvalue weighted by atomic mass is 35.5. The van der Waals surface area contributed by atoms with Crippen LogP contribution in [0, 0.1) is 5.82 Å². The van der Waals surface area contributed by atoms with Crippen molar-refractivity contribution in [2.45, 2.75) is 25.3 Å². The van der Waals surface area contributed by atoms with Crippen LogP contribution in [0.1, 0.15) is 18.4 Å². The van der Waals surface area contributed by atoms with Gasteiger partial charge in [0.1, 0.15) is 11.6 Å². The summed E-state index contributed by atoms with van der Waals surface area (Å²) in [4.78, 5) is 0. The highest BCUT2D eigenvalue weighted by Crippen LogP contribution is 2.21. The van der Waals surface area contributed by atoms with Crippen molar-refractivity contribution in [3.8, 4) is 0 Å². The second kappa shape index (κ2) is 5.52. The minimum absolute atomic E-state index is 0.133. The Kier molecular flexibility index (Phi) is 4.02. The second-order valence-electron chi connectivity index (χ2n) is 4.12. The minimum Gasteiger partial charge on any atom is -0.497 e. The van der Waals surface area contributed by atoms with E-state index in [0.29, 0.717) is 18.6 Å². The quantitative estimate of drug-likeness (QED) is 0.901. The van der Waals surface area contributed by atoms with E-state index in [1.165, 1.54) is 6.07 Å². The molecule has 1 unspecified atom stereocenters. The Bertz CT molecular complexity index is 433. The number of allylic oxidation sites excluding steroid dienone is 1. The number of halogens is 2. The molecular weight excluding hydrogens is 241 g/mol. The van der Waals surface area contributed by atoms with Crippen molar-refractivity contribution in [3.63, 3.8) is 0 Å². The van der Waals surface area contributed by atoms with Gasteiger partial charge in [-0.05, 0) is 37.0 Å². The molecule has 1 aliphatic heterocycles. The van der Waals surface area contributed by atoms with Gasteiger partial charge in [0.2, 0.25) is 0 Å². The SMILES string of the molecule is NC(Cc1cccc(Cl)c1F)C1=CCCCO1. The summed E-state index contributed by atoms with van der Waals surface area (Å²) in [6.45, 7) is 0.692. The Morgan fingerprint density at radius 3 is 3.00 bits per heavy atom. The van der Waals surface area contributed by atoms with E-state index in [-0.39, 0.29) is 16.9 Å². The van der Waals surface area contributed by atoms with Crippen molar-refractivity contribution in [1.82, 2.24) is 0 Å². The van der Waals surface area contributed by atoms with Crippen LogP contribution in [0.5, 0.6) is 0 Å². The monoisotopic (exact) mass is 255 g/mol. The molecule has 0 spiro atoms. The molecule has 0 aromatic heterocycles. The lowest BCUT2D eigenvalue weighted by Gasteiger charge is -2.20. The van der Waals surface area contributed by atoms with Crippen LogP contribution in [0.25, 0.3) is 0 Å². The van der Waals surface area contributed by atoms with Crippen molar-refractivity contribution in [3.05, 3.63) is 46.4 Å². The van der Waals surface area contributed by atoms with E-state index in [1.54, 1.807) is 12.1 Å². The predicted molar refractivity (Wildman–Crippen MR) is 66.4 cm³/mol. The molecule has 0 saturated heterocycles. The van der Waals surface area contributed by atoms with E-state index < -0.39 is 0 Å². The van der Waals surface area contributed by atoms with Gasteiger partial charge >= 0.3 is 0 Å². The Balaban J connectivity index is 2.10. The third-order valence-corrected chi connectivity index (χ3v) is 3.09. The summed E-state index contributed by atoms with van der Waals surface area (Å²) in [6, 6.07) is 4.65. The summed E-state index contributed by atoms with van der Waals surface area (Å²) in [5, 5.41) is 0.133. The highest BCUT2D eigenvalue weighted by molar-refractivity contribution is 6.30. The first kappa shape index (κ1) is 12.4. The molecule has 1 heterocycles. The molecule has 1 aliphatic rings. The van der Waals surface area contributed by atoms with Gasteiger partial charge in [-0.1, -0.05) is 23.7 Å². The molecule has 4 heteroatoms. The van der Waals surface area contributed by atoms with Crippen LogP contribution >= 0.6 is 11.6 Å². The molecule has 92 valence electrons. The predicted octanol–water partition coefficient (Wildman–Crippen LogP) is 3.04. The van der Waals surface area contributed by atoms with Gasteiger partial charge in [-0.2, -0.15) is 0 Å². The summed E-state index contributed by atoms with van der Waals surface area (Å²) in [5.41, 5.74) is 6.52. The number of benzene rings is 1. The molecule has 2 rings (SSSR count). The smallest absolute Gasteiger partial charge is 0.145 e. The lowest BCUT2D eigenvalue weighted by Crippen LogP contribution is -2.28. The fraction of sp³-hybridized carbons (Fsp3) is 0.385. The first-order valence-electron chi connectivity index (χ1n) is 5.70. The summed E-state index contributed by atoms with van der Waals surface area (Å²) in [7, 11) is 0. The van der Waals surface area contributed by atoms with Gasteiger partial charge in [0.25, 0.3) is 0 Å². The summed E-state index contributed by atoms with van der Waals surface area (Å²) < 4.78 is 19.1. The fourth-order valence-electron chi connectivity index (χ4n) is 1.88. The maximum absolute atomic E-state index is 13.7. The molecule has 0 bridgehead atoms. The van der Waals surface area contributed by atoms with Crippen LogP contribution in [0.3, 0.4) is 0 Å². The molecule has 0 amide bonds. The zero-order valence-electron chi connectivity index (χ0n) is 9.46. The van der Waals surface area contributed by atoms with Crippen LogP contribution in [-0.4, -0.2) is 12.6 Å². The number of hydrogen-bond donors (Lipinski definition) is 1. The maximum atomic E-state index is 13.7. The summed E-state index contributed by atoms with van der Waals surface area (Å²) in [5.74, 6) is 0.372. The van der Waals surface area contributed by atoms with Gasteiger partial charge in [0, 0.05) is 0 Å². The summed E-state index contributed by atoms with van der Waals surface area (Å²) in [6.07, 6.45) is 4.37. The second-order valence-corrected chi connectivity index (χ2v) is 4.53. The largest absolute Gasteiger partial charge is 0.497 e. The van der Waals surface area contributed by atoms with Crippen LogP contribution in [0.2, 0.25) is 5.02 Å². The van der Waals surface area contributed by atoms with E-state index in [4.69, 9.17) is 22.1 Å². The van der Waals surface area contributed by atoms with Crippen molar-refractivity contribution in [1.29, 1.82) is 0 Å². The number of hydrogen-bond acceptors (Lipinski definition) is 2. The number of rotatable bonds is 3. The standard InChI is InChI=1S/C13H15ClFNO/c14-10-5-3-4-9(13(10)15)8-11(16)12-6-1-2-7-17-12/h3-6,11H,1-2,7-8,16H2. The molecule has 1 aromatic carbocycles. The molecule has 1 atom stereocenters. The summed E-state index contributed by atoms with van der Waals surface area (Å²) >= 11 is 5.72. The Labute approximate surface area is 105 Å². The number of ether oxygens (including phenoxy) is 1. The topological polar surface area (TPSA) is 35.2 Å².